The van der Waals surface area contributed by atoms with Crippen LogP contribution in [0.3, 0.4) is 0 Å². The summed E-state index contributed by atoms with van der Waals surface area (Å²) in [7, 11) is -3.95. The maximum Gasteiger partial charge on any atom is 0.336 e. The maximum absolute atomic E-state index is 12.3. The van der Waals surface area contributed by atoms with Gasteiger partial charge in [0, 0.05) is 11.6 Å². The first kappa shape index (κ1) is 16.6. The first-order valence-corrected chi connectivity index (χ1v) is 9.61. The summed E-state index contributed by atoms with van der Waals surface area (Å²) in [6.45, 7) is 0. The molecule has 24 heavy (non-hydrogen) atoms. The number of hydrogen-bond donors (Lipinski definition) is 1. The lowest BCUT2D eigenvalue weighted by Gasteiger charge is -2.22. The number of carbonyl (C=O) groups excluding carboxylic acids is 1. The van der Waals surface area contributed by atoms with Gasteiger partial charge in [-0.05, 0) is 25.0 Å². The molecule has 1 N–H and O–H groups in total. The van der Waals surface area contributed by atoms with Crippen LogP contribution in [0.5, 0.6) is 0 Å². The number of rotatable bonds is 5. The quantitative estimate of drug-likeness (QED) is 0.885. The Morgan fingerprint density at radius 3 is 2.54 bits per heavy atom. The van der Waals surface area contributed by atoms with Gasteiger partial charge in [0.05, 0.1) is 0 Å². The lowest BCUT2D eigenvalue weighted by atomic mass is 9.95. The van der Waals surface area contributed by atoms with E-state index >= 15 is 0 Å². The van der Waals surface area contributed by atoms with Crippen molar-refractivity contribution in [3.05, 3.63) is 30.3 Å². The lowest BCUT2D eigenvalue weighted by molar-refractivity contribution is -0.119. The van der Waals surface area contributed by atoms with Gasteiger partial charge >= 0.3 is 5.22 Å². The predicted octanol–water partition coefficient (Wildman–Crippen LogP) is 1.96. The molecule has 1 saturated carbocycles. The van der Waals surface area contributed by atoms with E-state index in [1.165, 1.54) is 0 Å². The zero-order chi connectivity index (χ0) is 17.0. The highest BCUT2D eigenvalue weighted by Gasteiger charge is 2.27. The molecule has 1 aromatic heterocycles. The molecular weight excluding hydrogens is 330 g/mol. The molecule has 0 unspecified atom stereocenters. The van der Waals surface area contributed by atoms with Gasteiger partial charge in [0.25, 0.3) is 0 Å². The van der Waals surface area contributed by atoms with Crippen LogP contribution in [0, 0.1) is 0 Å². The van der Waals surface area contributed by atoms with Crippen molar-refractivity contribution in [2.24, 2.45) is 0 Å². The highest BCUT2D eigenvalue weighted by atomic mass is 32.2. The molecule has 3 rings (SSSR count). The van der Waals surface area contributed by atoms with Gasteiger partial charge < -0.3 is 9.73 Å². The van der Waals surface area contributed by atoms with Gasteiger partial charge in [0.1, 0.15) is 5.75 Å². The molecular formula is C16H19N3O4S. The fourth-order valence-corrected chi connectivity index (χ4v) is 3.71. The standard InChI is InChI=1S/C16H19N3O4S/c20-14(17-13-9-5-2-6-10-13)11-24(21,22)16-19-18-15(23-16)12-7-3-1-4-8-12/h1,3-4,7-8,13H,2,5-6,9-11H2,(H,17,20). The van der Waals surface area contributed by atoms with Crippen molar-refractivity contribution in [2.75, 3.05) is 5.75 Å². The molecule has 1 aliphatic carbocycles. The summed E-state index contributed by atoms with van der Waals surface area (Å²) in [6, 6.07) is 8.92. The van der Waals surface area contributed by atoms with E-state index < -0.39 is 26.7 Å². The smallest absolute Gasteiger partial charge is 0.336 e. The molecule has 1 fully saturated rings. The second-order valence-electron chi connectivity index (χ2n) is 5.90. The summed E-state index contributed by atoms with van der Waals surface area (Å²) in [6.07, 6.45) is 5.06. The fourth-order valence-electron chi connectivity index (χ4n) is 2.78. The number of benzene rings is 1. The van der Waals surface area contributed by atoms with Gasteiger partial charge in [0.2, 0.25) is 21.6 Å². The van der Waals surface area contributed by atoms with E-state index in [2.05, 4.69) is 15.5 Å². The number of aromatic nitrogens is 2. The van der Waals surface area contributed by atoms with E-state index in [1.807, 2.05) is 6.07 Å². The van der Waals surface area contributed by atoms with Crippen LogP contribution in [0.4, 0.5) is 0 Å². The Hall–Kier alpha value is -2.22. The van der Waals surface area contributed by atoms with Crippen molar-refractivity contribution in [1.29, 1.82) is 0 Å². The van der Waals surface area contributed by atoms with E-state index in [0.717, 1.165) is 32.1 Å². The summed E-state index contributed by atoms with van der Waals surface area (Å²) < 4.78 is 29.8. The fraction of sp³-hybridized carbons (Fsp3) is 0.438. The zero-order valence-electron chi connectivity index (χ0n) is 13.1. The molecule has 1 amide bonds. The average Bonchev–Trinajstić information content (AvgIpc) is 3.07. The molecule has 0 saturated heterocycles. The Morgan fingerprint density at radius 1 is 1.12 bits per heavy atom. The van der Waals surface area contributed by atoms with Gasteiger partial charge in [-0.3, -0.25) is 4.79 Å². The van der Waals surface area contributed by atoms with E-state index in [-0.39, 0.29) is 11.9 Å². The topological polar surface area (TPSA) is 102 Å². The Morgan fingerprint density at radius 2 is 1.83 bits per heavy atom. The minimum atomic E-state index is -3.95. The van der Waals surface area contributed by atoms with E-state index in [4.69, 9.17) is 4.42 Å². The highest BCUT2D eigenvalue weighted by Crippen LogP contribution is 2.20. The number of nitrogens with zero attached hydrogens (tertiary/aromatic N) is 2. The molecule has 0 radical (unpaired) electrons. The van der Waals surface area contributed by atoms with E-state index in [0.29, 0.717) is 5.56 Å². The first-order valence-electron chi connectivity index (χ1n) is 7.96. The van der Waals surface area contributed by atoms with Gasteiger partial charge in [-0.15, -0.1) is 5.10 Å². The number of amides is 1. The van der Waals surface area contributed by atoms with Crippen molar-refractivity contribution in [2.45, 2.75) is 43.4 Å². The third-order valence-corrected chi connectivity index (χ3v) is 5.32. The zero-order valence-corrected chi connectivity index (χ0v) is 14.0. The largest absolute Gasteiger partial charge is 0.408 e. The van der Waals surface area contributed by atoms with Crippen LogP contribution in [0.25, 0.3) is 11.5 Å². The normalized spacial score (nSPS) is 16.0. The van der Waals surface area contributed by atoms with Gasteiger partial charge in [-0.2, -0.15) is 0 Å². The second-order valence-corrected chi connectivity index (χ2v) is 7.77. The van der Waals surface area contributed by atoms with Crippen molar-refractivity contribution >= 4 is 15.7 Å². The number of nitrogens with one attached hydrogen (secondary N) is 1. The van der Waals surface area contributed by atoms with Gasteiger partial charge in [-0.1, -0.05) is 42.6 Å². The lowest BCUT2D eigenvalue weighted by Crippen LogP contribution is -2.39. The highest BCUT2D eigenvalue weighted by molar-refractivity contribution is 7.91. The average molecular weight is 349 g/mol. The molecule has 1 heterocycles. The van der Waals surface area contributed by atoms with Gasteiger partial charge in [0.15, 0.2) is 0 Å². The van der Waals surface area contributed by atoms with Gasteiger partial charge in [-0.25, -0.2) is 8.42 Å². The van der Waals surface area contributed by atoms with Crippen LogP contribution in [0.1, 0.15) is 32.1 Å². The minimum absolute atomic E-state index is 0.0593. The van der Waals surface area contributed by atoms with Crippen molar-refractivity contribution in [1.82, 2.24) is 15.5 Å². The van der Waals surface area contributed by atoms with Crippen LogP contribution < -0.4 is 5.32 Å². The molecule has 0 bridgehead atoms. The van der Waals surface area contributed by atoms with Crippen molar-refractivity contribution in [3.63, 3.8) is 0 Å². The Bertz CT molecular complexity index is 796. The minimum Gasteiger partial charge on any atom is -0.408 e. The summed E-state index contributed by atoms with van der Waals surface area (Å²) in [5, 5.41) is 9.58. The molecule has 0 aliphatic heterocycles. The first-order chi connectivity index (χ1) is 11.5. The van der Waals surface area contributed by atoms with Crippen LogP contribution in [0.15, 0.2) is 40.0 Å². The molecule has 0 spiro atoms. The SMILES string of the molecule is O=C(CS(=O)(=O)c1nnc(-c2ccccc2)o1)NC1CCCCC1. The van der Waals surface area contributed by atoms with Crippen LogP contribution in [0.2, 0.25) is 0 Å². The molecule has 1 aliphatic rings. The predicted molar refractivity (Wildman–Crippen MR) is 86.8 cm³/mol. The molecule has 8 heteroatoms. The third kappa shape index (κ3) is 4.00. The summed E-state index contributed by atoms with van der Waals surface area (Å²) >= 11 is 0. The van der Waals surface area contributed by atoms with Crippen molar-refractivity contribution in [3.8, 4) is 11.5 Å². The molecule has 7 nitrogen and oxygen atoms in total. The second kappa shape index (κ2) is 7.12. The summed E-state index contributed by atoms with van der Waals surface area (Å²) in [4.78, 5) is 12.0. The van der Waals surface area contributed by atoms with Crippen LogP contribution in [-0.4, -0.2) is 36.3 Å². The van der Waals surface area contributed by atoms with Crippen LogP contribution in [-0.2, 0) is 14.6 Å². The number of sulfone groups is 1. The monoisotopic (exact) mass is 349 g/mol. The maximum atomic E-state index is 12.3. The molecule has 2 aromatic rings. The molecule has 128 valence electrons. The Labute approximate surface area is 140 Å². The Kier molecular flexibility index (Phi) is 4.94. The summed E-state index contributed by atoms with van der Waals surface area (Å²) in [5.41, 5.74) is 0.623. The molecule has 0 atom stereocenters. The van der Waals surface area contributed by atoms with Crippen molar-refractivity contribution < 1.29 is 17.6 Å². The summed E-state index contributed by atoms with van der Waals surface area (Å²) in [5.74, 6) is -1.09. The van der Waals surface area contributed by atoms with E-state index in [1.54, 1.807) is 24.3 Å². The van der Waals surface area contributed by atoms with Crippen LogP contribution >= 0.6 is 0 Å². The number of hydrogen-bond acceptors (Lipinski definition) is 6. The third-order valence-electron chi connectivity index (χ3n) is 3.98. The number of carbonyl (C=O) groups is 1. The Balaban J connectivity index is 1.67. The van der Waals surface area contributed by atoms with E-state index in [9.17, 15) is 13.2 Å². The molecule has 1 aromatic carbocycles.